The summed E-state index contributed by atoms with van der Waals surface area (Å²) in [6.45, 7) is 0. The topological polar surface area (TPSA) is 101 Å². The number of aromatic nitrogens is 4. The van der Waals surface area contributed by atoms with Crippen LogP contribution in [0.4, 0.5) is 4.39 Å². The van der Waals surface area contributed by atoms with E-state index in [0.717, 1.165) is 0 Å². The molecule has 0 unspecified atom stereocenters. The summed E-state index contributed by atoms with van der Waals surface area (Å²) in [6, 6.07) is 11.1. The first-order chi connectivity index (χ1) is 12.5. The lowest BCUT2D eigenvalue weighted by Crippen LogP contribution is -2.14. The van der Waals surface area contributed by atoms with Crippen molar-refractivity contribution in [2.75, 3.05) is 0 Å². The molecule has 2 heterocycles. The maximum atomic E-state index is 13.4. The molecule has 0 radical (unpaired) electrons. The molecule has 26 heavy (non-hydrogen) atoms. The molecule has 0 fully saturated rings. The number of aromatic carboxylic acids is 1. The van der Waals surface area contributed by atoms with Crippen LogP contribution in [0.15, 0.2) is 59.7 Å². The number of H-pyrrole nitrogens is 1. The minimum absolute atomic E-state index is 0.0193. The van der Waals surface area contributed by atoms with Gasteiger partial charge in [0.15, 0.2) is 0 Å². The fourth-order valence-corrected chi connectivity index (χ4v) is 2.63. The average Bonchev–Trinajstić information content (AvgIpc) is 3.12. The molecule has 2 aromatic heterocycles. The molecule has 0 aliphatic carbocycles. The van der Waals surface area contributed by atoms with Gasteiger partial charge in [-0.3, -0.25) is 9.78 Å². The van der Waals surface area contributed by atoms with E-state index in [0.29, 0.717) is 22.0 Å². The van der Waals surface area contributed by atoms with E-state index in [9.17, 15) is 14.0 Å². The zero-order chi connectivity index (χ0) is 18.3. The third kappa shape index (κ3) is 2.73. The van der Waals surface area contributed by atoms with Gasteiger partial charge in [-0.1, -0.05) is 18.2 Å². The SMILES string of the molecule is O=C(O)c1cnn(-c2nc3ccc(-c4cccc(F)c4)cc3c(=O)[nH]2)c1. The zero-order valence-electron chi connectivity index (χ0n) is 13.2. The Hall–Kier alpha value is -3.81. The summed E-state index contributed by atoms with van der Waals surface area (Å²) in [6.07, 6.45) is 2.42. The van der Waals surface area contributed by atoms with Crippen molar-refractivity contribution >= 4 is 16.9 Å². The fraction of sp³-hybridized carbons (Fsp3) is 0. The predicted octanol–water partition coefficient (Wildman–Crippen LogP) is 2.61. The molecule has 0 atom stereocenters. The summed E-state index contributed by atoms with van der Waals surface area (Å²) in [5.74, 6) is -1.38. The molecule has 7 nitrogen and oxygen atoms in total. The lowest BCUT2D eigenvalue weighted by atomic mass is 10.0. The number of nitrogens with zero attached hydrogens (tertiary/aromatic N) is 3. The molecule has 8 heteroatoms. The number of carbonyl (C=O) groups is 1. The van der Waals surface area contributed by atoms with E-state index in [2.05, 4.69) is 15.1 Å². The van der Waals surface area contributed by atoms with Crippen LogP contribution in [0.25, 0.3) is 28.0 Å². The van der Waals surface area contributed by atoms with E-state index in [1.54, 1.807) is 30.3 Å². The zero-order valence-corrected chi connectivity index (χ0v) is 13.2. The van der Waals surface area contributed by atoms with Gasteiger partial charge < -0.3 is 5.11 Å². The van der Waals surface area contributed by atoms with Crippen LogP contribution in [0, 0.1) is 5.82 Å². The first-order valence-corrected chi connectivity index (χ1v) is 7.59. The standard InChI is InChI=1S/C18H11FN4O3/c19-13-3-1-2-10(6-13)11-4-5-15-14(7-11)16(24)22-18(21-15)23-9-12(8-20-23)17(25)26/h1-9H,(H,25,26)(H,21,22,24). The van der Waals surface area contributed by atoms with Crippen LogP contribution < -0.4 is 5.56 Å². The number of nitrogens with one attached hydrogen (secondary N) is 1. The van der Waals surface area contributed by atoms with Gasteiger partial charge in [0.2, 0.25) is 5.95 Å². The van der Waals surface area contributed by atoms with E-state index in [1.165, 1.54) is 29.2 Å². The number of halogens is 1. The molecule has 2 N–H and O–H groups in total. The first kappa shape index (κ1) is 15.7. The highest BCUT2D eigenvalue weighted by atomic mass is 19.1. The van der Waals surface area contributed by atoms with Crippen LogP contribution >= 0.6 is 0 Å². The molecule has 128 valence electrons. The predicted molar refractivity (Wildman–Crippen MR) is 91.8 cm³/mol. The number of rotatable bonds is 3. The van der Waals surface area contributed by atoms with Crippen molar-refractivity contribution < 1.29 is 14.3 Å². The van der Waals surface area contributed by atoms with Crippen LogP contribution in [0.3, 0.4) is 0 Å². The van der Waals surface area contributed by atoms with Gasteiger partial charge in [0.25, 0.3) is 5.56 Å². The number of hydrogen-bond donors (Lipinski definition) is 2. The summed E-state index contributed by atoms with van der Waals surface area (Å²) in [5.41, 5.74) is 1.32. The maximum absolute atomic E-state index is 13.4. The van der Waals surface area contributed by atoms with Crippen LogP contribution in [0.1, 0.15) is 10.4 Å². The Kier molecular flexibility index (Phi) is 3.58. The van der Waals surface area contributed by atoms with E-state index >= 15 is 0 Å². The molecule has 2 aromatic carbocycles. The van der Waals surface area contributed by atoms with E-state index in [1.807, 2.05) is 0 Å². The second-order valence-electron chi connectivity index (χ2n) is 5.61. The van der Waals surface area contributed by atoms with Gasteiger partial charge in [-0.25, -0.2) is 18.9 Å². The van der Waals surface area contributed by atoms with Crippen molar-refractivity contribution in [1.29, 1.82) is 0 Å². The van der Waals surface area contributed by atoms with Gasteiger partial charge >= 0.3 is 5.97 Å². The Bertz CT molecular complexity index is 1210. The second kappa shape index (κ2) is 5.92. The summed E-state index contributed by atoms with van der Waals surface area (Å²) in [7, 11) is 0. The van der Waals surface area contributed by atoms with Crippen LogP contribution in [-0.4, -0.2) is 30.8 Å². The Balaban J connectivity index is 1.82. The minimum Gasteiger partial charge on any atom is -0.478 e. The van der Waals surface area contributed by atoms with Crippen molar-refractivity contribution in [2.45, 2.75) is 0 Å². The Morgan fingerprint density at radius 1 is 1.15 bits per heavy atom. The van der Waals surface area contributed by atoms with Crippen molar-refractivity contribution in [1.82, 2.24) is 19.7 Å². The largest absolute Gasteiger partial charge is 0.478 e. The average molecular weight is 350 g/mol. The van der Waals surface area contributed by atoms with Gasteiger partial charge in [-0.15, -0.1) is 0 Å². The number of fused-ring (bicyclic) bond motifs is 1. The number of aromatic amines is 1. The minimum atomic E-state index is -1.13. The van der Waals surface area contributed by atoms with Crippen molar-refractivity contribution in [2.24, 2.45) is 0 Å². The normalized spacial score (nSPS) is 11.0. The first-order valence-electron chi connectivity index (χ1n) is 7.59. The molecule has 4 rings (SSSR count). The highest BCUT2D eigenvalue weighted by molar-refractivity contribution is 5.87. The highest BCUT2D eigenvalue weighted by Crippen LogP contribution is 2.23. The van der Waals surface area contributed by atoms with Gasteiger partial charge in [0, 0.05) is 6.20 Å². The molecule has 0 saturated carbocycles. The Labute approximate surface area is 145 Å². The van der Waals surface area contributed by atoms with Gasteiger partial charge in [0.05, 0.1) is 22.7 Å². The van der Waals surface area contributed by atoms with Crippen molar-refractivity contribution in [3.05, 3.63) is 76.6 Å². The Morgan fingerprint density at radius 2 is 1.96 bits per heavy atom. The fourth-order valence-electron chi connectivity index (χ4n) is 2.63. The summed E-state index contributed by atoms with van der Waals surface area (Å²) >= 11 is 0. The van der Waals surface area contributed by atoms with Gasteiger partial charge in [0.1, 0.15) is 5.82 Å². The van der Waals surface area contributed by atoms with Crippen LogP contribution in [-0.2, 0) is 0 Å². The molecular weight excluding hydrogens is 339 g/mol. The third-order valence-corrected chi connectivity index (χ3v) is 3.90. The molecule has 0 saturated heterocycles. The molecule has 0 bridgehead atoms. The van der Waals surface area contributed by atoms with Crippen LogP contribution in [0.5, 0.6) is 0 Å². The van der Waals surface area contributed by atoms with Gasteiger partial charge in [-0.2, -0.15) is 5.10 Å². The number of hydrogen-bond acceptors (Lipinski definition) is 4. The van der Waals surface area contributed by atoms with E-state index in [-0.39, 0.29) is 17.3 Å². The smallest absolute Gasteiger partial charge is 0.338 e. The van der Waals surface area contributed by atoms with Crippen LogP contribution in [0.2, 0.25) is 0 Å². The molecule has 0 spiro atoms. The number of carboxylic acids is 1. The molecule has 0 aliphatic heterocycles. The van der Waals surface area contributed by atoms with Crippen molar-refractivity contribution in [3.63, 3.8) is 0 Å². The maximum Gasteiger partial charge on any atom is 0.338 e. The molecule has 0 aliphatic rings. The quantitative estimate of drug-likeness (QED) is 0.591. The molecule has 0 amide bonds. The monoisotopic (exact) mass is 350 g/mol. The Morgan fingerprint density at radius 3 is 2.69 bits per heavy atom. The van der Waals surface area contributed by atoms with Crippen molar-refractivity contribution in [3.8, 4) is 17.1 Å². The number of benzene rings is 2. The third-order valence-electron chi connectivity index (χ3n) is 3.90. The second-order valence-corrected chi connectivity index (χ2v) is 5.61. The lowest BCUT2D eigenvalue weighted by molar-refractivity contribution is 0.0697. The van der Waals surface area contributed by atoms with E-state index < -0.39 is 11.5 Å². The lowest BCUT2D eigenvalue weighted by Gasteiger charge is -2.06. The molecule has 4 aromatic rings. The van der Waals surface area contributed by atoms with E-state index in [4.69, 9.17) is 5.11 Å². The summed E-state index contributed by atoms with van der Waals surface area (Å²) < 4.78 is 14.6. The van der Waals surface area contributed by atoms with Gasteiger partial charge in [-0.05, 0) is 35.4 Å². The molecular formula is C18H11FN4O3. The number of carboxylic acid groups (broad SMARTS) is 1. The summed E-state index contributed by atoms with van der Waals surface area (Å²) in [5, 5.41) is 13.2. The summed E-state index contributed by atoms with van der Waals surface area (Å²) in [4.78, 5) is 30.3. The highest BCUT2D eigenvalue weighted by Gasteiger charge is 2.11.